The predicted octanol–water partition coefficient (Wildman–Crippen LogP) is 3.39. The summed E-state index contributed by atoms with van der Waals surface area (Å²) < 4.78 is 41.3. The number of hydrogen-bond donors (Lipinski definition) is 2. The topological polar surface area (TPSA) is 72.2 Å². The van der Waals surface area contributed by atoms with Gasteiger partial charge >= 0.3 is 0 Å². The normalized spacial score (nSPS) is 11.4. The maximum atomic E-state index is 13.9. The number of hydrogen-bond acceptors (Lipinski definition) is 4. The third-order valence-electron chi connectivity index (χ3n) is 2.63. The standard InChI is InChI=1S/C12H10BrFN2O2S3/c1-6-10(5-11(13)20-6)21(17,18)16-9-3-2-7(12(15)19)4-8(9)14/h2-5,16H,1H3,(H2,15,19). The Morgan fingerprint density at radius 1 is 1.43 bits per heavy atom. The number of nitrogens with one attached hydrogen (secondary N) is 1. The number of anilines is 1. The summed E-state index contributed by atoms with van der Waals surface area (Å²) in [6.07, 6.45) is 0. The van der Waals surface area contributed by atoms with Crippen molar-refractivity contribution >= 4 is 60.2 Å². The molecule has 21 heavy (non-hydrogen) atoms. The van der Waals surface area contributed by atoms with Crippen LogP contribution >= 0.6 is 39.5 Å². The van der Waals surface area contributed by atoms with Gasteiger partial charge in [0.05, 0.1) is 9.47 Å². The molecule has 4 nitrogen and oxygen atoms in total. The third kappa shape index (κ3) is 3.60. The number of nitrogens with two attached hydrogens (primary N) is 1. The van der Waals surface area contributed by atoms with E-state index in [2.05, 4.69) is 20.7 Å². The van der Waals surface area contributed by atoms with Gasteiger partial charge in [0.1, 0.15) is 15.7 Å². The largest absolute Gasteiger partial charge is 0.389 e. The highest BCUT2D eigenvalue weighted by Gasteiger charge is 2.21. The van der Waals surface area contributed by atoms with E-state index in [1.54, 1.807) is 6.92 Å². The van der Waals surface area contributed by atoms with Crippen LogP contribution in [-0.2, 0) is 10.0 Å². The molecule has 2 aromatic rings. The number of halogens is 2. The fourth-order valence-corrected chi connectivity index (χ4v) is 5.26. The quantitative estimate of drug-likeness (QED) is 0.760. The van der Waals surface area contributed by atoms with Gasteiger partial charge in [-0.05, 0) is 47.1 Å². The molecule has 0 atom stereocenters. The Morgan fingerprint density at radius 2 is 2.10 bits per heavy atom. The molecule has 0 bridgehead atoms. The van der Waals surface area contributed by atoms with Crippen molar-refractivity contribution in [3.05, 3.63) is 44.3 Å². The molecule has 1 aromatic heterocycles. The number of sulfonamides is 1. The Hall–Kier alpha value is -1.03. The number of thiocarbonyl (C=S) groups is 1. The minimum atomic E-state index is -3.85. The molecule has 2 rings (SSSR count). The van der Waals surface area contributed by atoms with E-state index in [0.29, 0.717) is 14.2 Å². The molecule has 9 heteroatoms. The van der Waals surface area contributed by atoms with E-state index in [4.69, 9.17) is 18.0 Å². The highest BCUT2D eigenvalue weighted by Crippen LogP contribution is 2.31. The van der Waals surface area contributed by atoms with Crippen molar-refractivity contribution in [3.8, 4) is 0 Å². The molecule has 0 aliphatic heterocycles. The molecular weight excluding hydrogens is 399 g/mol. The molecule has 0 amide bonds. The van der Waals surface area contributed by atoms with Gasteiger partial charge in [-0.25, -0.2) is 12.8 Å². The van der Waals surface area contributed by atoms with E-state index < -0.39 is 15.8 Å². The Balaban J connectivity index is 2.37. The van der Waals surface area contributed by atoms with Gasteiger partial charge in [-0.3, -0.25) is 4.72 Å². The zero-order valence-corrected chi connectivity index (χ0v) is 14.7. The number of thiophene rings is 1. The highest BCUT2D eigenvalue weighted by molar-refractivity contribution is 9.11. The Morgan fingerprint density at radius 3 is 2.57 bits per heavy atom. The second kappa shape index (κ2) is 5.99. The van der Waals surface area contributed by atoms with Crippen LogP contribution in [-0.4, -0.2) is 13.4 Å². The monoisotopic (exact) mass is 408 g/mol. The van der Waals surface area contributed by atoms with Gasteiger partial charge in [-0.15, -0.1) is 11.3 Å². The van der Waals surface area contributed by atoms with Crippen LogP contribution in [0.3, 0.4) is 0 Å². The van der Waals surface area contributed by atoms with Crippen LogP contribution in [0.15, 0.2) is 32.9 Å². The van der Waals surface area contributed by atoms with E-state index in [-0.39, 0.29) is 15.6 Å². The highest BCUT2D eigenvalue weighted by atomic mass is 79.9. The molecule has 3 N–H and O–H groups in total. The van der Waals surface area contributed by atoms with E-state index in [1.165, 1.54) is 29.5 Å². The van der Waals surface area contributed by atoms with Crippen molar-refractivity contribution < 1.29 is 12.8 Å². The molecule has 0 unspecified atom stereocenters. The molecule has 0 spiro atoms. The number of benzene rings is 1. The van der Waals surface area contributed by atoms with Crippen LogP contribution in [0.4, 0.5) is 10.1 Å². The van der Waals surface area contributed by atoms with Crippen molar-refractivity contribution in [2.24, 2.45) is 5.73 Å². The molecule has 0 radical (unpaired) electrons. The van der Waals surface area contributed by atoms with Crippen molar-refractivity contribution in [1.82, 2.24) is 0 Å². The Labute approximate surface area is 139 Å². The van der Waals surface area contributed by atoms with Gasteiger partial charge in [0, 0.05) is 10.4 Å². The Kier molecular flexibility index (Phi) is 4.66. The summed E-state index contributed by atoms with van der Waals surface area (Å²) >= 11 is 9.25. The minimum Gasteiger partial charge on any atom is -0.389 e. The molecule has 0 saturated heterocycles. The lowest BCUT2D eigenvalue weighted by molar-refractivity contribution is 0.598. The lowest BCUT2D eigenvalue weighted by Gasteiger charge is -2.09. The van der Waals surface area contributed by atoms with Gasteiger partial charge in [-0.1, -0.05) is 12.2 Å². The first kappa shape index (κ1) is 16.3. The maximum Gasteiger partial charge on any atom is 0.263 e. The molecule has 1 heterocycles. The molecule has 0 aliphatic carbocycles. The van der Waals surface area contributed by atoms with Crippen LogP contribution < -0.4 is 10.5 Å². The number of rotatable bonds is 4. The van der Waals surface area contributed by atoms with E-state index in [1.807, 2.05) is 0 Å². The molecule has 1 aromatic carbocycles. The van der Waals surface area contributed by atoms with E-state index >= 15 is 0 Å². The summed E-state index contributed by atoms with van der Waals surface area (Å²) in [6, 6.07) is 5.32. The van der Waals surface area contributed by atoms with E-state index in [9.17, 15) is 12.8 Å². The molecule has 112 valence electrons. The van der Waals surface area contributed by atoms with Crippen LogP contribution in [0.25, 0.3) is 0 Å². The lowest BCUT2D eigenvalue weighted by Crippen LogP contribution is -2.15. The molecule has 0 saturated carbocycles. The SMILES string of the molecule is Cc1sc(Br)cc1S(=O)(=O)Nc1ccc(C(N)=S)cc1F. The summed E-state index contributed by atoms with van der Waals surface area (Å²) in [4.78, 5) is 0.757. The molecule has 0 aliphatic rings. The van der Waals surface area contributed by atoms with Crippen molar-refractivity contribution in [2.75, 3.05) is 4.72 Å². The smallest absolute Gasteiger partial charge is 0.263 e. The minimum absolute atomic E-state index is 0.0425. The van der Waals surface area contributed by atoms with Gasteiger partial charge < -0.3 is 5.73 Å². The zero-order valence-electron chi connectivity index (χ0n) is 10.7. The fourth-order valence-electron chi connectivity index (χ4n) is 1.65. The summed E-state index contributed by atoms with van der Waals surface area (Å²) in [5, 5.41) is 0. The van der Waals surface area contributed by atoms with Gasteiger partial charge in [0.15, 0.2) is 0 Å². The molecular formula is C12H10BrFN2O2S3. The zero-order chi connectivity index (χ0) is 15.8. The number of aryl methyl sites for hydroxylation is 1. The molecule has 0 fully saturated rings. The fraction of sp³-hybridized carbons (Fsp3) is 0.0833. The van der Waals surface area contributed by atoms with Gasteiger partial charge in [0.2, 0.25) is 0 Å². The third-order valence-corrected chi connectivity index (χ3v) is 6.04. The summed E-state index contributed by atoms with van der Waals surface area (Å²) in [5.41, 5.74) is 5.57. The van der Waals surface area contributed by atoms with Gasteiger partial charge in [0.25, 0.3) is 10.0 Å². The van der Waals surface area contributed by atoms with Crippen molar-refractivity contribution in [2.45, 2.75) is 11.8 Å². The summed E-state index contributed by atoms with van der Waals surface area (Å²) in [6.45, 7) is 1.68. The van der Waals surface area contributed by atoms with Crippen LogP contribution in [0.5, 0.6) is 0 Å². The van der Waals surface area contributed by atoms with Crippen LogP contribution in [0.1, 0.15) is 10.4 Å². The summed E-state index contributed by atoms with van der Waals surface area (Å²) in [7, 11) is -3.85. The van der Waals surface area contributed by atoms with Crippen molar-refractivity contribution in [1.29, 1.82) is 0 Å². The first-order valence-corrected chi connectivity index (χ1v) is 9.09. The first-order valence-electron chi connectivity index (χ1n) is 5.59. The maximum absolute atomic E-state index is 13.9. The second-order valence-electron chi connectivity index (χ2n) is 4.14. The average Bonchev–Trinajstić information content (AvgIpc) is 2.71. The van der Waals surface area contributed by atoms with Crippen molar-refractivity contribution in [3.63, 3.8) is 0 Å². The average molecular weight is 409 g/mol. The summed E-state index contributed by atoms with van der Waals surface area (Å²) in [5.74, 6) is -0.740. The van der Waals surface area contributed by atoms with Gasteiger partial charge in [-0.2, -0.15) is 0 Å². The van der Waals surface area contributed by atoms with E-state index in [0.717, 1.165) is 6.07 Å². The first-order chi connectivity index (χ1) is 9.70. The van der Waals surface area contributed by atoms with Crippen LogP contribution in [0, 0.1) is 12.7 Å². The lowest BCUT2D eigenvalue weighted by atomic mass is 10.2. The Bertz CT molecular complexity index is 818. The predicted molar refractivity (Wildman–Crippen MR) is 89.9 cm³/mol. The van der Waals surface area contributed by atoms with Crippen LogP contribution in [0.2, 0.25) is 0 Å². The second-order valence-corrected chi connectivity index (χ2v) is 8.86.